The Kier molecular flexibility index (Phi) is 3.85. The lowest BCUT2D eigenvalue weighted by Crippen LogP contribution is -2.63. The Labute approximate surface area is 114 Å². The first-order chi connectivity index (χ1) is 8.41. The molecule has 0 aromatic heterocycles. The molecule has 3 nitrogen and oxygen atoms in total. The number of hydrogen-bond donors (Lipinski definition) is 2. The Morgan fingerprint density at radius 1 is 1.50 bits per heavy atom. The smallest absolute Gasteiger partial charge is 0.0602 e. The van der Waals surface area contributed by atoms with Crippen LogP contribution in [0.5, 0.6) is 0 Å². The third-order valence-corrected chi connectivity index (χ3v) is 3.77. The van der Waals surface area contributed by atoms with E-state index >= 15 is 0 Å². The van der Waals surface area contributed by atoms with Crippen LogP contribution in [0.4, 0.5) is 5.69 Å². The van der Waals surface area contributed by atoms with Crippen molar-refractivity contribution in [3.63, 3.8) is 0 Å². The first kappa shape index (κ1) is 13.7. The van der Waals surface area contributed by atoms with Gasteiger partial charge in [-0.25, -0.2) is 0 Å². The van der Waals surface area contributed by atoms with E-state index in [1.54, 1.807) is 0 Å². The van der Waals surface area contributed by atoms with Crippen molar-refractivity contribution in [1.82, 2.24) is 5.32 Å². The number of aryl methyl sites for hydroxylation is 1. The molecule has 100 valence electrons. The average molecular weight is 269 g/mol. The van der Waals surface area contributed by atoms with Crippen molar-refractivity contribution < 1.29 is 5.11 Å². The van der Waals surface area contributed by atoms with Gasteiger partial charge in [0.1, 0.15) is 0 Å². The molecule has 0 bridgehead atoms. The van der Waals surface area contributed by atoms with Gasteiger partial charge < -0.3 is 15.3 Å². The predicted octanol–water partition coefficient (Wildman–Crippen LogP) is 2.20. The van der Waals surface area contributed by atoms with Gasteiger partial charge in [-0.05, 0) is 38.5 Å². The van der Waals surface area contributed by atoms with Crippen molar-refractivity contribution >= 4 is 17.3 Å². The molecule has 0 saturated carbocycles. The van der Waals surface area contributed by atoms with Crippen LogP contribution in [0, 0.1) is 6.92 Å². The molecule has 1 aromatic carbocycles. The normalized spacial score (nSPS) is 23.2. The Morgan fingerprint density at radius 3 is 2.83 bits per heavy atom. The maximum atomic E-state index is 9.37. The number of nitrogens with one attached hydrogen (secondary N) is 1. The largest absolute Gasteiger partial charge is 0.395 e. The van der Waals surface area contributed by atoms with Gasteiger partial charge in [0.2, 0.25) is 0 Å². The van der Waals surface area contributed by atoms with Crippen molar-refractivity contribution in [2.75, 3.05) is 24.6 Å². The number of halogens is 1. The number of aliphatic hydroxyl groups excluding tert-OH is 1. The molecule has 1 saturated heterocycles. The summed E-state index contributed by atoms with van der Waals surface area (Å²) in [5, 5.41) is 13.6. The van der Waals surface area contributed by atoms with Crippen LogP contribution < -0.4 is 10.2 Å². The molecular formula is C14H21ClN2O. The summed E-state index contributed by atoms with van der Waals surface area (Å²) in [6.45, 7) is 8.17. The summed E-state index contributed by atoms with van der Waals surface area (Å²) < 4.78 is 0. The topological polar surface area (TPSA) is 35.5 Å². The van der Waals surface area contributed by atoms with Gasteiger partial charge in [0, 0.05) is 35.4 Å². The maximum Gasteiger partial charge on any atom is 0.0602 e. The van der Waals surface area contributed by atoms with Crippen molar-refractivity contribution in [2.24, 2.45) is 0 Å². The molecule has 0 amide bonds. The van der Waals surface area contributed by atoms with E-state index in [4.69, 9.17) is 11.6 Å². The van der Waals surface area contributed by atoms with Crippen LogP contribution >= 0.6 is 11.6 Å². The number of benzene rings is 1. The monoisotopic (exact) mass is 268 g/mol. The lowest BCUT2D eigenvalue weighted by Gasteiger charge is -2.44. The Bertz CT molecular complexity index is 434. The summed E-state index contributed by atoms with van der Waals surface area (Å²) in [5.41, 5.74) is 2.20. The van der Waals surface area contributed by atoms with Gasteiger partial charge >= 0.3 is 0 Å². The van der Waals surface area contributed by atoms with Gasteiger partial charge in [-0.3, -0.25) is 0 Å². The third kappa shape index (κ3) is 2.97. The van der Waals surface area contributed by atoms with Gasteiger partial charge in [-0.15, -0.1) is 0 Å². The summed E-state index contributed by atoms with van der Waals surface area (Å²) in [4.78, 5) is 2.28. The number of nitrogens with zero attached hydrogens (tertiary/aromatic N) is 1. The molecule has 1 unspecified atom stereocenters. The molecule has 1 aromatic rings. The van der Waals surface area contributed by atoms with E-state index in [0.29, 0.717) is 0 Å². The zero-order chi connectivity index (χ0) is 13.3. The van der Waals surface area contributed by atoms with Crippen LogP contribution in [0.3, 0.4) is 0 Å². The Morgan fingerprint density at radius 2 is 2.22 bits per heavy atom. The van der Waals surface area contributed by atoms with Gasteiger partial charge in [-0.2, -0.15) is 0 Å². The molecule has 1 aliphatic rings. The van der Waals surface area contributed by atoms with E-state index in [2.05, 4.69) is 30.1 Å². The second-order valence-electron chi connectivity index (χ2n) is 5.72. The number of rotatable bonds is 2. The van der Waals surface area contributed by atoms with Gasteiger partial charge in [-0.1, -0.05) is 17.7 Å². The third-order valence-electron chi connectivity index (χ3n) is 3.36. The van der Waals surface area contributed by atoms with Gasteiger partial charge in [0.05, 0.1) is 6.61 Å². The van der Waals surface area contributed by atoms with E-state index in [1.807, 2.05) is 19.1 Å². The van der Waals surface area contributed by atoms with Crippen molar-refractivity contribution in [3.05, 3.63) is 28.8 Å². The second-order valence-corrected chi connectivity index (χ2v) is 6.13. The molecule has 1 heterocycles. The molecule has 1 atom stereocenters. The van der Waals surface area contributed by atoms with Gasteiger partial charge in [0.15, 0.2) is 0 Å². The first-order valence-corrected chi connectivity index (χ1v) is 6.69. The fourth-order valence-electron chi connectivity index (χ4n) is 2.53. The fourth-order valence-corrected chi connectivity index (χ4v) is 2.70. The lowest BCUT2D eigenvalue weighted by atomic mass is 9.98. The van der Waals surface area contributed by atoms with E-state index in [1.165, 1.54) is 0 Å². The molecule has 4 heteroatoms. The highest BCUT2D eigenvalue weighted by Gasteiger charge is 2.31. The molecule has 0 aliphatic carbocycles. The summed E-state index contributed by atoms with van der Waals surface area (Å²) >= 11 is 6.18. The highest BCUT2D eigenvalue weighted by molar-refractivity contribution is 6.31. The zero-order valence-electron chi connectivity index (χ0n) is 11.2. The quantitative estimate of drug-likeness (QED) is 0.863. The van der Waals surface area contributed by atoms with Crippen LogP contribution in [0.1, 0.15) is 19.4 Å². The van der Waals surface area contributed by atoms with Crippen LogP contribution in [-0.4, -0.2) is 36.4 Å². The molecule has 1 fully saturated rings. The highest BCUT2D eigenvalue weighted by atomic mass is 35.5. The highest BCUT2D eigenvalue weighted by Crippen LogP contribution is 2.26. The Hall–Kier alpha value is -0.770. The summed E-state index contributed by atoms with van der Waals surface area (Å²) in [7, 11) is 0. The van der Waals surface area contributed by atoms with E-state index in [9.17, 15) is 5.11 Å². The zero-order valence-corrected chi connectivity index (χ0v) is 12.0. The number of aliphatic hydroxyl groups is 1. The number of piperazine rings is 1. The second kappa shape index (κ2) is 5.08. The molecular weight excluding hydrogens is 248 g/mol. The molecule has 0 spiro atoms. The lowest BCUT2D eigenvalue weighted by molar-refractivity contribution is 0.191. The van der Waals surface area contributed by atoms with Crippen LogP contribution in [0.2, 0.25) is 5.02 Å². The summed E-state index contributed by atoms with van der Waals surface area (Å²) in [6.07, 6.45) is 0. The van der Waals surface area contributed by atoms with Crippen LogP contribution in [0.25, 0.3) is 0 Å². The minimum atomic E-state index is -0.0109. The summed E-state index contributed by atoms with van der Waals surface area (Å²) in [5.74, 6) is 0. The van der Waals surface area contributed by atoms with Crippen molar-refractivity contribution in [2.45, 2.75) is 32.4 Å². The minimum Gasteiger partial charge on any atom is -0.395 e. The number of anilines is 1. The molecule has 2 N–H and O–H groups in total. The van der Waals surface area contributed by atoms with E-state index in [-0.39, 0.29) is 18.2 Å². The SMILES string of the molecule is Cc1ccc(N2CC(CO)NC(C)(C)C2)cc1Cl. The van der Waals surface area contributed by atoms with Crippen molar-refractivity contribution in [1.29, 1.82) is 0 Å². The van der Waals surface area contributed by atoms with Crippen LogP contribution in [-0.2, 0) is 0 Å². The van der Waals surface area contributed by atoms with Crippen molar-refractivity contribution in [3.8, 4) is 0 Å². The minimum absolute atomic E-state index is 0.0109. The molecule has 2 rings (SSSR count). The molecule has 1 aliphatic heterocycles. The van der Waals surface area contributed by atoms with Gasteiger partial charge in [0.25, 0.3) is 0 Å². The first-order valence-electron chi connectivity index (χ1n) is 6.31. The summed E-state index contributed by atoms with van der Waals surface area (Å²) in [6, 6.07) is 6.25. The average Bonchev–Trinajstić information content (AvgIpc) is 2.30. The Balaban J connectivity index is 2.23. The predicted molar refractivity (Wildman–Crippen MR) is 76.5 cm³/mol. The van der Waals surface area contributed by atoms with E-state index < -0.39 is 0 Å². The van der Waals surface area contributed by atoms with E-state index in [0.717, 1.165) is 29.4 Å². The molecule has 18 heavy (non-hydrogen) atoms. The number of hydrogen-bond acceptors (Lipinski definition) is 3. The van der Waals surface area contributed by atoms with Crippen LogP contribution in [0.15, 0.2) is 18.2 Å². The standard InChI is InChI=1S/C14H21ClN2O/c1-10-4-5-12(6-13(10)15)17-7-11(8-18)16-14(2,3)9-17/h4-6,11,16,18H,7-9H2,1-3H3. The fraction of sp³-hybridized carbons (Fsp3) is 0.571. The molecule has 0 radical (unpaired) electrons. The maximum absolute atomic E-state index is 9.37.